The molecule has 0 radical (unpaired) electrons. The largest absolute Gasteiger partial charge is 0.493 e. The number of hydrogen-bond donors (Lipinski definition) is 0. The third kappa shape index (κ3) is 2.36. The average molecular weight is 327 g/mol. The molecule has 0 fully saturated rings. The zero-order valence-electron chi connectivity index (χ0n) is 14.2. The van der Waals surface area contributed by atoms with Crippen molar-refractivity contribution in [3.63, 3.8) is 0 Å². The van der Waals surface area contributed by atoms with E-state index in [0.29, 0.717) is 12.8 Å². The maximum atomic E-state index is 5.60. The van der Waals surface area contributed by atoms with Gasteiger partial charge in [0.2, 0.25) is 6.79 Å². The van der Waals surface area contributed by atoms with Gasteiger partial charge in [0.05, 0.1) is 14.2 Å². The highest BCUT2D eigenvalue weighted by molar-refractivity contribution is 5.53. The second kappa shape index (κ2) is 5.91. The Morgan fingerprint density at radius 2 is 1.88 bits per heavy atom. The number of benzene rings is 2. The van der Waals surface area contributed by atoms with Crippen LogP contribution in [0.2, 0.25) is 0 Å². The van der Waals surface area contributed by atoms with Crippen LogP contribution in [-0.4, -0.2) is 33.0 Å². The molecule has 5 heteroatoms. The smallest absolute Gasteiger partial charge is 0.231 e. The predicted octanol–water partition coefficient (Wildman–Crippen LogP) is 3.16. The van der Waals surface area contributed by atoms with Crippen LogP contribution in [0, 0.1) is 0 Å². The number of methoxy groups -OCH3 is 2. The molecule has 2 aliphatic rings. The van der Waals surface area contributed by atoms with Crippen molar-refractivity contribution in [3.8, 4) is 23.0 Å². The summed E-state index contributed by atoms with van der Waals surface area (Å²) >= 11 is 0. The summed E-state index contributed by atoms with van der Waals surface area (Å²) in [5.74, 6) is 3.28. The van der Waals surface area contributed by atoms with Gasteiger partial charge in [-0.25, -0.2) is 0 Å². The Labute approximate surface area is 141 Å². The molecule has 0 saturated carbocycles. The molecule has 2 aromatic rings. The van der Waals surface area contributed by atoms with Crippen LogP contribution >= 0.6 is 0 Å². The van der Waals surface area contributed by atoms with Gasteiger partial charge >= 0.3 is 0 Å². The maximum absolute atomic E-state index is 5.60. The number of likely N-dealkylation sites (N-methyl/N-ethyl adjacent to an activating group) is 1. The molecule has 24 heavy (non-hydrogen) atoms. The molecule has 5 nitrogen and oxygen atoms in total. The van der Waals surface area contributed by atoms with Crippen molar-refractivity contribution in [3.05, 3.63) is 47.0 Å². The number of fused-ring (bicyclic) bond motifs is 2. The summed E-state index contributed by atoms with van der Waals surface area (Å²) < 4.78 is 22.0. The molecule has 2 heterocycles. The summed E-state index contributed by atoms with van der Waals surface area (Å²) in [6, 6.07) is 10.6. The Kier molecular flexibility index (Phi) is 3.73. The van der Waals surface area contributed by atoms with Crippen molar-refractivity contribution in [1.29, 1.82) is 0 Å². The predicted molar refractivity (Wildman–Crippen MR) is 90.0 cm³/mol. The molecule has 0 unspecified atom stereocenters. The van der Waals surface area contributed by atoms with Crippen molar-refractivity contribution < 1.29 is 18.9 Å². The van der Waals surface area contributed by atoms with E-state index in [9.17, 15) is 0 Å². The molecular formula is C19H21NO4. The van der Waals surface area contributed by atoms with Gasteiger partial charge in [0.15, 0.2) is 23.0 Å². The van der Waals surface area contributed by atoms with E-state index in [1.807, 2.05) is 12.1 Å². The Hall–Kier alpha value is -2.40. The van der Waals surface area contributed by atoms with Gasteiger partial charge in [-0.3, -0.25) is 4.90 Å². The van der Waals surface area contributed by atoms with Crippen LogP contribution in [0.4, 0.5) is 0 Å². The van der Waals surface area contributed by atoms with Crippen LogP contribution in [-0.2, 0) is 13.0 Å². The second-order valence-corrected chi connectivity index (χ2v) is 6.19. The number of rotatable bonds is 3. The third-order valence-electron chi connectivity index (χ3n) is 4.88. The molecule has 0 bridgehead atoms. The van der Waals surface area contributed by atoms with E-state index >= 15 is 0 Å². The van der Waals surface area contributed by atoms with Crippen LogP contribution in [0.15, 0.2) is 30.3 Å². The highest BCUT2D eigenvalue weighted by Crippen LogP contribution is 2.42. The highest BCUT2D eigenvalue weighted by atomic mass is 16.7. The van der Waals surface area contributed by atoms with Gasteiger partial charge in [0.1, 0.15) is 0 Å². The van der Waals surface area contributed by atoms with Crippen molar-refractivity contribution in [2.45, 2.75) is 19.0 Å². The van der Waals surface area contributed by atoms with Gasteiger partial charge in [-0.1, -0.05) is 12.1 Å². The Morgan fingerprint density at radius 3 is 2.67 bits per heavy atom. The fourth-order valence-electron chi connectivity index (χ4n) is 3.61. The normalized spacial score (nSPS) is 19.0. The standard InChI is InChI=1S/C19H21NO4/c1-20-10-14-12(4-7-17(21-2)19(14)22-3)8-15(20)13-5-6-16-18(9-13)24-11-23-16/h4-7,9,15H,8,10-11H2,1-3H3/t15-/m1/s1. The van der Waals surface area contributed by atoms with Crippen molar-refractivity contribution >= 4 is 0 Å². The first-order valence-corrected chi connectivity index (χ1v) is 8.03. The first kappa shape index (κ1) is 15.1. The maximum Gasteiger partial charge on any atom is 0.231 e. The Bertz CT molecular complexity index is 774. The van der Waals surface area contributed by atoms with Crippen LogP contribution in [0.1, 0.15) is 22.7 Å². The fourth-order valence-corrected chi connectivity index (χ4v) is 3.61. The molecule has 0 N–H and O–H groups in total. The lowest BCUT2D eigenvalue weighted by atomic mass is 9.89. The molecule has 0 spiro atoms. The summed E-state index contributed by atoms with van der Waals surface area (Å²) in [6.45, 7) is 1.12. The first-order chi connectivity index (χ1) is 11.7. The second-order valence-electron chi connectivity index (χ2n) is 6.19. The molecule has 2 aliphatic heterocycles. The molecule has 4 rings (SSSR count). The highest BCUT2D eigenvalue weighted by Gasteiger charge is 2.29. The molecular weight excluding hydrogens is 306 g/mol. The minimum atomic E-state index is 0.296. The zero-order chi connectivity index (χ0) is 16.7. The minimum Gasteiger partial charge on any atom is -0.493 e. The van der Waals surface area contributed by atoms with E-state index in [4.69, 9.17) is 18.9 Å². The van der Waals surface area contributed by atoms with Crippen LogP contribution in [0.5, 0.6) is 23.0 Å². The van der Waals surface area contributed by atoms with Crippen LogP contribution in [0.25, 0.3) is 0 Å². The van der Waals surface area contributed by atoms with Gasteiger partial charge in [0.25, 0.3) is 0 Å². The Balaban J connectivity index is 1.69. The van der Waals surface area contributed by atoms with Gasteiger partial charge < -0.3 is 18.9 Å². The third-order valence-corrected chi connectivity index (χ3v) is 4.88. The van der Waals surface area contributed by atoms with E-state index in [1.54, 1.807) is 14.2 Å². The fraction of sp³-hybridized carbons (Fsp3) is 0.368. The van der Waals surface area contributed by atoms with Gasteiger partial charge in [0, 0.05) is 18.2 Å². The van der Waals surface area contributed by atoms with Gasteiger partial charge in [-0.05, 0) is 42.8 Å². The average Bonchev–Trinajstić information content (AvgIpc) is 3.07. The summed E-state index contributed by atoms with van der Waals surface area (Å²) in [7, 11) is 5.51. The lowest BCUT2D eigenvalue weighted by Crippen LogP contribution is -2.31. The minimum absolute atomic E-state index is 0.296. The lowest BCUT2D eigenvalue weighted by Gasteiger charge is -2.35. The number of ether oxygens (including phenoxy) is 4. The summed E-state index contributed by atoms with van der Waals surface area (Å²) in [5, 5.41) is 0. The van der Waals surface area contributed by atoms with E-state index in [0.717, 1.165) is 36.0 Å². The van der Waals surface area contributed by atoms with Crippen molar-refractivity contribution in [2.24, 2.45) is 0 Å². The summed E-state index contributed by atoms with van der Waals surface area (Å²) in [5.41, 5.74) is 3.74. The van der Waals surface area contributed by atoms with Crippen molar-refractivity contribution in [1.82, 2.24) is 4.90 Å². The number of hydrogen-bond acceptors (Lipinski definition) is 5. The Morgan fingerprint density at radius 1 is 1.04 bits per heavy atom. The molecule has 0 saturated heterocycles. The van der Waals surface area contributed by atoms with Crippen molar-refractivity contribution in [2.75, 3.05) is 28.1 Å². The molecule has 0 aliphatic carbocycles. The van der Waals surface area contributed by atoms with E-state index in [-0.39, 0.29) is 0 Å². The van der Waals surface area contributed by atoms with E-state index in [1.165, 1.54) is 16.7 Å². The van der Waals surface area contributed by atoms with E-state index < -0.39 is 0 Å². The monoisotopic (exact) mass is 327 g/mol. The first-order valence-electron chi connectivity index (χ1n) is 8.03. The van der Waals surface area contributed by atoms with Gasteiger partial charge in [-0.2, -0.15) is 0 Å². The topological polar surface area (TPSA) is 40.2 Å². The number of nitrogens with zero attached hydrogens (tertiary/aromatic N) is 1. The summed E-state index contributed by atoms with van der Waals surface area (Å²) in [4.78, 5) is 2.34. The molecule has 0 aromatic heterocycles. The van der Waals surface area contributed by atoms with Gasteiger partial charge in [-0.15, -0.1) is 0 Å². The molecule has 1 atom stereocenters. The summed E-state index contributed by atoms with van der Waals surface area (Å²) in [6.07, 6.45) is 0.922. The van der Waals surface area contributed by atoms with E-state index in [2.05, 4.69) is 30.1 Å². The quantitative estimate of drug-likeness (QED) is 0.866. The SMILES string of the molecule is COc1ccc2c(c1OC)CN(C)[C@@H](c1ccc3c(c1)OCO3)C2. The molecule has 2 aromatic carbocycles. The van der Waals surface area contributed by atoms with Crippen LogP contribution < -0.4 is 18.9 Å². The van der Waals surface area contributed by atoms with Crippen LogP contribution in [0.3, 0.4) is 0 Å². The lowest BCUT2D eigenvalue weighted by molar-refractivity contribution is 0.173. The zero-order valence-corrected chi connectivity index (χ0v) is 14.2. The molecule has 0 amide bonds. The molecule has 126 valence electrons.